The van der Waals surface area contributed by atoms with Crippen LogP contribution in [0, 0.1) is 11.3 Å². The molecule has 3 rings (SSSR count). The van der Waals surface area contributed by atoms with Crippen molar-refractivity contribution in [3.8, 4) is 17.2 Å². The molecule has 0 saturated heterocycles. The van der Waals surface area contributed by atoms with Crippen molar-refractivity contribution in [1.82, 2.24) is 0 Å². The SMILES string of the molecule is N#Cc1cccc2c1CCCCc1ccccc1-2. The van der Waals surface area contributed by atoms with E-state index in [1.54, 1.807) is 0 Å². The average molecular weight is 233 g/mol. The number of nitriles is 1. The highest BCUT2D eigenvalue weighted by Gasteiger charge is 2.14. The molecule has 0 saturated carbocycles. The third-order valence-electron chi connectivity index (χ3n) is 3.73. The number of benzene rings is 2. The predicted octanol–water partition coefficient (Wildman–Crippen LogP) is 4.10. The molecule has 0 aromatic heterocycles. The van der Waals surface area contributed by atoms with E-state index in [1.807, 2.05) is 12.1 Å². The number of hydrogen-bond donors (Lipinski definition) is 0. The maximum atomic E-state index is 9.25. The molecule has 1 aliphatic carbocycles. The Morgan fingerprint density at radius 2 is 1.61 bits per heavy atom. The molecule has 0 unspecified atom stereocenters. The van der Waals surface area contributed by atoms with Gasteiger partial charge in [0.25, 0.3) is 0 Å². The van der Waals surface area contributed by atoms with Crippen LogP contribution in [0.25, 0.3) is 11.1 Å². The lowest BCUT2D eigenvalue weighted by atomic mass is 9.86. The van der Waals surface area contributed by atoms with Gasteiger partial charge in [-0.15, -0.1) is 0 Å². The Morgan fingerprint density at radius 3 is 2.50 bits per heavy atom. The zero-order chi connectivity index (χ0) is 12.4. The summed E-state index contributed by atoms with van der Waals surface area (Å²) in [5, 5.41) is 9.25. The van der Waals surface area contributed by atoms with Crippen LogP contribution >= 0.6 is 0 Å². The fourth-order valence-electron chi connectivity index (χ4n) is 2.83. The first-order valence-electron chi connectivity index (χ1n) is 6.50. The molecule has 2 aromatic rings. The maximum Gasteiger partial charge on any atom is 0.0994 e. The van der Waals surface area contributed by atoms with E-state index in [1.165, 1.54) is 35.1 Å². The number of nitrogens with zero attached hydrogens (tertiary/aromatic N) is 1. The van der Waals surface area contributed by atoms with Crippen LogP contribution in [0.15, 0.2) is 42.5 Å². The van der Waals surface area contributed by atoms with Gasteiger partial charge in [-0.2, -0.15) is 5.26 Å². The van der Waals surface area contributed by atoms with Gasteiger partial charge in [-0.1, -0.05) is 36.4 Å². The van der Waals surface area contributed by atoms with Crippen LogP contribution in [-0.4, -0.2) is 0 Å². The topological polar surface area (TPSA) is 23.8 Å². The molecular weight excluding hydrogens is 218 g/mol. The summed E-state index contributed by atoms with van der Waals surface area (Å²) in [6.07, 6.45) is 4.54. The lowest BCUT2D eigenvalue weighted by Crippen LogP contribution is -2.02. The van der Waals surface area contributed by atoms with E-state index in [0.29, 0.717) is 0 Å². The van der Waals surface area contributed by atoms with Gasteiger partial charge in [0.1, 0.15) is 0 Å². The van der Waals surface area contributed by atoms with Gasteiger partial charge >= 0.3 is 0 Å². The van der Waals surface area contributed by atoms with Crippen LogP contribution in [0.3, 0.4) is 0 Å². The second kappa shape index (κ2) is 4.66. The third kappa shape index (κ3) is 1.80. The van der Waals surface area contributed by atoms with E-state index in [4.69, 9.17) is 0 Å². The number of aryl methyl sites for hydroxylation is 1. The highest BCUT2D eigenvalue weighted by Crippen LogP contribution is 2.33. The summed E-state index contributed by atoms with van der Waals surface area (Å²) in [5.74, 6) is 0. The first kappa shape index (κ1) is 11.0. The second-order valence-electron chi connectivity index (χ2n) is 4.81. The second-order valence-corrected chi connectivity index (χ2v) is 4.81. The molecule has 0 spiro atoms. The van der Waals surface area contributed by atoms with Crippen LogP contribution in [0.1, 0.15) is 29.5 Å². The molecule has 2 aromatic carbocycles. The summed E-state index contributed by atoms with van der Waals surface area (Å²) in [6, 6.07) is 17.0. The molecule has 0 atom stereocenters. The molecule has 0 bridgehead atoms. The minimum Gasteiger partial charge on any atom is -0.192 e. The Bertz CT molecular complexity index is 620. The summed E-state index contributed by atoms with van der Waals surface area (Å²) in [4.78, 5) is 0. The van der Waals surface area contributed by atoms with Crippen LogP contribution in [0.2, 0.25) is 0 Å². The van der Waals surface area contributed by atoms with Crippen molar-refractivity contribution in [2.75, 3.05) is 0 Å². The van der Waals surface area contributed by atoms with Gasteiger partial charge in [-0.05, 0) is 54.0 Å². The van der Waals surface area contributed by atoms with Crippen molar-refractivity contribution >= 4 is 0 Å². The van der Waals surface area contributed by atoms with Gasteiger partial charge in [0.15, 0.2) is 0 Å². The van der Waals surface area contributed by atoms with Crippen molar-refractivity contribution < 1.29 is 0 Å². The first-order valence-corrected chi connectivity index (χ1v) is 6.50. The highest BCUT2D eigenvalue weighted by atomic mass is 14.3. The standard InChI is InChI=1S/C17H15N/c18-12-14-8-5-11-17-15-9-3-1-6-13(15)7-2-4-10-16(14)17/h1,3,5-6,8-9,11H,2,4,7,10H2. The molecule has 0 fully saturated rings. The summed E-state index contributed by atoms with van der Waals surface area (Å²) in [5.41, 5.74) is 6.04. The number of fused-ring (bicyclic) bond motifs is 3. The highest BCUT2D eigenvalue weighted by molar-refractivity contribution is 5.73. The van der Waals surface area contributed by atoms with E-state index in [9.17, 15) is 5.26 Å². The van der Waals surface area contributed by atoms with Crippen LogP contribution in [0.4, 0.5) is 0 Å². The maximum absolute atomic E-state index is 9.25. The van der Waals surface area contributed by atoms with Gasteiger partial charge < -0.3 is 0 Å². The van der Waals surface area contributed by atoms with E-state index >= 15 is 0 Å². The Kier molecular flexibility index (Phi) is 2.86. The summed E-state index contributed by atoms with van der Waals surface area (Å²) in [6.45, 7) is 0. The average Bonchev–Trinajstić information content (AvgIpc) is 2.41. The molecule has 18 heavy (non-hydrogen) atoms. The lowest BCUT2D eigenvalue weighted by molar-refractivity contribution is 0.728. The van der Waals surface area contributed by atoms with Gasteiger partial charge in [-0.3, -0.25) is 0 Å². The Balaban J connectivity index is 2.28. The fourth-order valence-corrected chi connectivity index (χ4v) is 2.83. The van der Waals surface area contributed by atoms with E-state index in [2.05, 4.69) is 36.4 Å². The smallest absolute Gasteiger partial charge is 0.0994 e. The summed E-state index contributed by atoms with van der Waals surface area (Å²) in [7, 11) is 0. The Hall–Kier alpha value is -2.07. The number of rotatable bonds is 0. The Labute approximate surface area is 108 Å². The van der Waals surface area contributed by atoms with Crippen molar-refractivity contribution in [1.29, 1.82) is 5.26 Å². The molecule has 0 N–H and O–H groups in total. The molecule has 0 heterocycles. The molecule has 1 aliphatic rings. The van der Waals surface area contributed by atoms with Gasteiger partial charge in [0.05, 0.1) is 11.6 Å². The van der Waals surface area contributed by atoms with Crippen molar-refractivity contribution in [2.45, 2.75) is 25.7 Å². The van der Waals surface area contributed by atoms with Gasteiger partial charge in [0.2, 0.25) is 0 Å². The van der Waals surface area contributed by atoms with E-state index in [-0.39, 0.29) is 0 Å². The Morgan fingerprint density at radius 1 is 0.833 bits per heavy atom. The summed E-state index contributed by atoms with van der Waals surface area (Å²) < 4.78 is 0. The van der Waals surface area contributed by atoms with Gasteiger partial charge in [0, 0.05) is 0 Å². The molecule has 0 radical (unpaired) electrons. The molecule has 1 nitrogen and oxygen atoms in total. The van der Waals surface area contributed by atoms with Crippen molar-refractivity contribution in [3.05, 3.63) is 59.2 Å². The zero-order valence-electron chi connectivity index (χ0n) is 10.3. The van der Waals surface area contributed by atoms with Gasteiger partial charge in [-0.25, -0.2) is 0 Å². The third-order valence-corrected chi connectivity index (χ3v) is 3.73. The largest absolute Gasteiger partial charge is 0.192 e. The fraction of sp³-hybridized carbons (Fsp3) is 0.235. The molecule has 1 heteroatoms. The monoisotopic (exact) mass is 233 g/mol. The molecule has 0 aliphatic heterocycles. The lowest BCUT2D eigenvalue weighted by Gasteiger charge is -2.18. The van der Waals surface area contributed by atoms with Crippen LogP contribution in [-0.2, 0) is 12.8 Å². The van der Waals surface area contributed by atoms with Crippen LogP contribution in [0.5, 0.6) is 0 Å². The molecular formula is C17H15N. The van der Waals surface area contributed by atoms with Crippen LogP contribution < -0.4 is 0 Å². The zero-order valence-corrected chi connectivity index (χ0v) is 10.3. The summed E-state index contributed by atoms with van der Waals surface area (Å²) >= 11 is 0. The quantitative estimate of drug-likeness (QED) is 0.672. The molecule has 88 valence electrons. The first-order chi connectivity index (χ1) is 8.90. The van der Waals surface area contributed by atoms with E-state index < -0.39 is 0 Å². The predicted molar refractivity (Wildman–Crippen MR) is 73.2 cm³/mol. The number of hydrogen-bond acceptors (Lipinski definition) is 1. The van der Waals surface area contributed by atoms with E-state index in [0.717, 1.165) is 18.4 Å². The van der Waals surface area contributed by atoms with Crippen molar-refractivity contribution in [2.24, 2.45) is 0 Å². The minimum absolute atomic E-state index is 0.837. The molecule has 0 amide bonds. The minimum atomic E-state index is 0.837. The van der Waals surface area contributed by atoms with Crippen molar-refractivity contribution in [3.63, 3.8) is 0 Å². The normalized spacial score (nSPS) is 13.7.